The van der Waals surface area contributed by atoms with Crippen molar-refractivity contribution in [1.29, 1.82) is 0 Å². The molecule has 0 spiro atoms. The van der Waals surface area contributed by atoms with Gasteiger partial charge in [0.1, 0.15) is 0 Å². The molecule has 0 fully saturated rings. The molecular formula is C20H23N3O2. The van der Waals surface area contributed by atoms with Crippen molar-refractivity contribution in [3.05, 3.63) is 71.3 Å². The van der Waals surface area contributed by atoms with Crippen LogP contribution >= 0.6 is 0 Å². The lowest BCUT2D eigenvalue weighted by molar-refractivity contribution is -0.139. The largest absolute Gasteiger partial charge is 0.347 e. The van der Waals surface area contributed by atoms with Crippen LogP contribution < -0.4 is 10.7 Å². The van der Waals surface area contributed by atoms with Crippen LogP contribution in [0.5, 0.6) is 0 Å². The van der Waals surface area contributed by atoms with Crippen molar-refractivity contribution in [2.24, 2.45) is 5.10 Å². The SMILES string of the molecule is CC(C)c1ccc(/C=N\NC(=O)C(=O)NCCc2ccccc2)cc1. The highest BCUT2D eigenvalue weighted by atomic mass is 16.2. The normalized spacial score (nSPS) is 10.8. The van der Waals surface area contributed by atoms with Gasteiger partial charge in [0.2, 0.25) is 0 Å². The van der Waals surface area contributed by atoms with E-state index in [0.29, 0.717) is 18.9 Å². The molecule has 0 saturated heterocycles. The molecule has 0 unspecified atom stereocenters. The van der Waals surface area contributed by atoms with Gasteiger partial charge in [0, 0.05) is 6.54 Å². The number of carbonyl (C=O) groups excluding carboxylic acids is 2. The van der Waals surface area contributed by atoms with Crippen LogP contribution in [0.25, 0.3) is 0 Å². The highest BCUT2D eigenvalue weighted by Crippen LogP contribution is 2.13. The third-order valence-electron chi connectivity index (χ3n) is 3.73. The van der Waals surface area contributed by atoms with Gasteiger partial charge < -0.3 is 5.32 Å². The molecule has 0 radical (unpaired) electrons. The zero-order valence-corrected chi connectivity index (χ0v) is 14.5. The molecular weight excluding hydrogens is 314 g/mol. The number of amides is 2. The van der Waals surface area contributed by atoms with Gasteiger partial charge in [-0.05, 0) is 29.0 Å². The summed E-state index contributed by atoms with van der Waals surface area (Å²) in [6.07, 6.45) is 2.19. The molecule has 5 heteroatoms. The Morgan fingerprint density at radius 2 is 1.68 bits per heavy atom. The molecule has 0 aromatic heterocycles. The van der Waals surface area contributed by atoms with Gasteiger partial charge in [-0.3, -0.25) is 9.59 Å². The summed E-state index contributed by atoms with van der Waals surface area (Å²) in [6.45, 7) is 4.65. The maximum absolute atomic E-state index is 11.7. The second-order valence-electron chi connectivity index (χ2n) is 6.01. The Morgan fingerprint density at radius 1 is 1.00 bits per heavy atom. The first-order valence-electron chi connectivity index (χ1n) is 8.31. The fourth-order valence-corrected chi connectivity index (χ4v) is 2.23. The van der Waals surface area contributed by atoms with E-state index in [9.17, 15) is 9.59 Å². The number of hydrazone groups is 1. The van der Waals surface area contributed by atoms with Crippen molar-refractivity contribution in [2.75, 3.05) is 6.54 Å². The molecule has 2 rings (SSSR count). The molecule has 2 amide bonds. The number of benzene rings is 2. The third-order valence-corrected chi connectivity index (χ3v) is 3.73. The first-order valence-corrected chi connectivity index (χ1v) is 8.31. The monoisotopic (exact) mass is 337 g/mol. The van der Waals surface area contributed by atoms with E-state index in [-0.39, 0.29) is 0 Å². The van der Waals surface area contributed by atoms with E-state index in [1.54, 1.807) is 0 Å². The summed E-state index contributed by atoms with van der Waals surface area (Å²) in [5.74, 6) is -1.00. The Kier molecular flexibility index (Phi) is 6.89. The Bertz CT molecular complexity index is 722. The number of rotatable bonds is 6. The summed E-state index contributed by atoms with van der Waals surface area (Å²) in [5.41, 5.74) is 5.43. The van der Waals surface area contributed by atoms with E-state index in [4.69, 9.17) is 0 Å². The lowest BCUT2D eigenvalue weighted by Crippen LogP contribution is -2.38. The van der Waals surface area contributed by atoms with Crippen LogP contribution in [0.4, 0.5) is 0 Å². The fourth-order valence-electron chi connectivity index (χ4n) is 2.23. The second-order valence-corrected chi connectivity index (χ2v) is 6.01. The number of nitrogens with zero attached hydrogens (tertiary/aromatic N) is 1. The van der Waals surface area contributed by atoms with Gasteiger partial charge in [-0.2, -0.15) is 5.10 Å². The van der Waals surface area contributed by atoms with E-state index >= 15 is 0 Å². The summed E-state index contributed by atoms with van der Waals surface area (Å²) in [5, 5.41) is 6.39. The number of hydrogen-bond donors (Lipinski definition) is 2. The van der Waals surface area contributed by atoms with Crippen LogP contribution in [0.2, 0.25) is 0 Å². The lowest BCUT2D eigenvalue weighted by atomic mass is 10.0. The number of carbonyl (C=O) groups is 2. The zero-order chi connectivity index (χ0) is 18.1. The van der Waals surface area contributed by atoms with Crippen molar-refractivity contribution >= 4 is 18.0 Å². The molecule has 0 aliphatic carbocycles. The van der Waals surface area contributed by atoms with Crippen molar-refractivity contribution in [2.45, 2.75) is 26.2 Å². The van der Waals surface area contributed by atoms with Crippen LogP contribution in [-0.2, 0) is 16.0 Å². The fraction of sp³-hybridized carbons (Fsp3) is 0.250. The smallest absolute Gasteiger partial charge is 0.329 e. The quantitative estimate of drug-likeness (QED) is 0.483. The average molecular weight is 337 g/mol. The predicted molar refractivity (Wildman–Crippen MR) is 99.4 cm³/mol. The van der Waals surface area contributed by atoms with Crippen LogP contribution in [-0.4, -0.2) is 24.6 Å². The standard InChI is InChI=1S/C20H23N3O2/c1-15(2)18-10-8-17(9-11-18)14-22-23-20(25)19(24)21-13-12-16-6-4-3-5-7-16/h3-11,14-15H,12-13H2,1-2H3,(H,21,24)(H,23,25)/b22-14-. The Hall–Kier alpha value is -2.95. The van der Waals surface area contributed by atoms with Crippen molar-refractivity contribution < 1.29 is 9.59 Å². The van der Waals surface area contributed by atoms with Crippen molar-refractivity contribution in [3.63, 3.8) is 0 Å². The molecule has 5 nitrogen and oxygen atoms in total. The first-order chi connectivity index (χ1) is 12.1. The van der Waals surface area contributed by atoms with Gasteiger partial charge in [-0.1, -0.05) is 68.4 Å². The number of hydrogen-bond acceptors (Lipinski definition) is 3. The van der Waals surface area contributed by atoms with Gasteiger partial charge in [0.05, 0.1) is 6.21 Å². The Balaban J connectivity index is 1.74. The van der Waals surface area contributed by atoms with Crippen LogP contribution in [0, 0.1) is 0 Å². The molecule has 25 heavy (non-hydrogen) atoms. The van der Waals surface area contributed by atoms with E-state index in [1.807, 2.05) is 54.6 Å². The van der Waals surface area contributed by atoms with E-state index in [0.717, 1.165) is 11.1 Å². The summed E-state index contributed by atoms with van der Waals surface area (Å²) < 4.78 is 0. The van der Waals surface area contributed by atoms with Gasteiger partial charge in [0.25, 0.3) is 0 Å². The van der Waals surface area contributed by atoms with Crippen molar-refractivity contribution in [1.82, 2.24) is 10.7 Å². The van der Waals surface area contributed by atoms with Gasteiger partial charge in [-0.15, -0.1) is 0 Å². The van der Waals surface area contributed by atoms with E-state index in [2.05, 4.69) is 29.7 Å². The minimum Gasteiger partial charge on any atom is -0.347 e. The third kappa shape index (κ3) is 6.22. The van der Waals surface area contributed by atoms with Crippen LogP contribution in [0.15, 0.2) is 59.7 Å². The average Bonchev–Trinajstić information content (AvgIpc) is 2.63. The molecule has 130 valence electrons. The summed E-state index contributed by atoms with van der Waals surface area (Å²) in [7, 11) is 0. The lowest BCUT2D eigenvalue weighted by Gasteiger charge is -2.05. The Labute approximate surface area is 148 Å². The maximum atomic E-state index is 11.7. The molecule has 0 atom stereocenters. The van der Waals surface area contributed by atoms with E-state index < -0.39 is 11.8 Å². The molecule has 2 N–H and O–H groups in total. The van der Waals surface area contributed by atoms with Crippen LogP contribution in [0.3, 0.4) is 0 Å². The highest BCUT2D eigenvalue weighted by Gasteiger charge is 2.11. The Morgan fingerprint density at radius 3 is 2.32 bits per heavy atom. The summed E-state index contributed by atoms with van der Waals surface area (Å²) in [6, 6.07) is 17.6. The van der Waals surface area contributed by atoms with Gasteiger partial charge >= 0.3 is 11.8 Å². The predicted octanol–water partition coefficient (Wildman–Crippen LogP) is 2.62. The zero-order valence-electron chi connectivity index (χ0n) is 14.5. The van der Waals surface area contributed by atoms with Gasteiger partial charge in [-0.25, -0.2) is 5.43 Å². The topological polar surface area (TPSA) is 70.6 Å². The highest BCUT2D eigenvalue weighted by molar-refractivity contribution is 6.35. The molecule has 2 aromatic rings. The minimum atomic E-state index is -0.775. The molecule has 0 aliphatic rings. The van der Waals surface area contributed by atoms with Crippen molar-refractivity contribution in [3.8, 4) is 0 Å². The van der Waals surface area contributed by atoms with Crippen LogP contribution in [0.1, 0.15) is 36.5 Å². The first kappa shape index (κ1) is 18.4. The summed E-state index contributed by atoms with van der Waals surface area (Å²) in [4.78, 5) is 23.4. The molecule has 0 aliphatic heterocycles. The second kappa shape index (κ2) is 9.37. The molecule has 0 bridgehead atoms. The number of nitrogens with one attached hydrogen (secondary N) is 2. The maximum Gasteiger partial charge on any atom is 0.329 e. The van der Waals surface area contributed by atoms with E-state index in [1.165, 1.54) is 11.8 Å². The molecule has 0 heterocycles. The van der Waals surface area contributed by atoms with Gasteiger partial charge in [0.15, 0.2) is 0 Å². The molecule has 0 saturated carbocycles. The minimum absolute atomic E-state index is 0.399. The summed E-state index contributed by atoms with van der Waals surface area (Å²) >= 11 is 0. The molecule has 2 aromatic carbocycles.